The average Bonchev–Trinajstić information content (AvgIpc) is 2.06. The molecule has 1 saturated heterocycles. The van der Waals surface area contributed by atoms with Crippen LogP contribution in [0.1, 0.15) is 19.3 Å². The van der Waals surface area contributed by atoms with E-state index in [4.69, 9.17) is 17.0 Å². The zero-order valence-electron chi connectivity index (χ0n) is 6.72. The van der Waals surface area contributed by atoms with Gasteiger partial charge in [-0.15, -0.1) is 0 Å². The van der Waals surface area contributed by atoms with Crippen molar-refractivity contribution >= 4 is 17.3 Å². The van der Waals surface area contributed by atoms with E-state index in [0.717, 1.165) is 13.0 Å². The molecule has 1 aliphatic heterocycles. The Morgan fingerprint density at radius 1 is 1.55 bits per heavy atom. The SMILES string of the molecule is CNC(=S)NC1CCCCO1. The van der Waals surface area contributed by atoms with Crippen molar-refractivity contribution < 1.29 is 4.74 Å². The molecule has 2 N–H and O–H groups in total. The lowest BCUT2D eigenvalue weighted by Crippen LogP contribution is -2.43. The lowest BCUT2D eigenvalue weighted by molar-refractivity contribution is 0.00704. The maximum Gasteiger partial charge on any atom is 0.168 e. The van der Waals surface area contributed by atoms with E-state index in [1.54, 1.807) is 7.05 Å². The standard InChI is InChI=1S/C7H14N2OS/c1-8-7(11)9-6-4-2-3-5-10-6/h6H,2-5H2,1H3,(H2,8,9,11). The molecule has 1 unspecified atom stereocenters. The smallest absolute Gasteiger partial charge is 0.168 e. The van der Waals surface area contributed by atoms with Gasteiger partial charge in [-0.3, -0.25) is 0 Å². The van der Waals surface area contributed by atoms with E-state index in [1.807, 2.05) is 0 Å². The third-order valence-corrected chi connectivity index (χ3v) is 2.02. The second-order valence-corrected chi connectivity index (χ2v) is 2.99. The molecule has 1 fully saturated rings. The number of thiocarbonyl (C=S) groups is 1. The highest BCUT2D eigenvalue weighted by molar-refractivity contribution is 7.80. The quantitative estimate of drug-likeness (QED) is 0.571. The highest BCUT2D eigenvalue weighted by Crippen LogP contribution is 2.09. The van der Waals surface area contributed by atoms with Gasteiger partial charge >= 0.3 is 0 Å². The van der Waals surface area contributed by atoms with Crippen LogP contribution in [0.4, 0.5) is 0 Å². The number of ether oxygens (including phenoxy) is 1. The van der Waals surface area contributed by atoms with Crippen molar-refractivity contribution in [3.8, 4) is 0 Å². The normalized spacial score (nSPS) is 24.3. The topological polar surface area (TPSA) is 33.3 Å². The summed E-state index contributed by atoms with van der Waals surface area (Å²) >= 11 is 4.93. The summed E-state index contributed by atoms with van der Waals surface area (Å²) in [5.41, 5.74) is 0. The maximum atomic E-state index is 5.41. The van der Waals surface area contributed by atoms with Crippen LogP contribution in [-0.2, 0) is 4.74 Å². The van der Waals surface area contributed by atoms with Gasteiger partial charge in [0.15, 0.2) is 5.11 Å². The first-order valence-electron chi connectivity index (χ1n) is 3.93. The fourth-order valence-electron chi connectivity index (χ4n) is 1.07. The highest BCUT2D eigenvalue weighted by atomic mass is 32.1. The van der Waals surface area contributed by atoms with Gasteiger partial charge in [0.2, 0.25) is 0 Å². The second kappa shape index (κ2) is 4.51. The van der Waals surface area contributed by atoms with Crippen LogP contribution in [0, 0.1) is 0 Å². The molecule has 0 aromatic carbocycles. The van der Waals surface area contributed by atoms with Crippen LogP contribution in [0.3, 0.4) is 0 Å². The molecule has 0 spiro atoms. The predicted octanol–water partition coefficient (Wildman–Crippen LogP) is 0.607. The van der Waals surface area contributed by atoms with Gasteiger partial charge in [0.05, 0.1) is 0 Å². The molecule has 1 atom stereocenters. The second-order valence-electron chi connectivity index (χ2n) is 2.58. The van der Waals surface area contributed by atoms with Crippen molar-refractivity contribution in [3.63, 3.8) is 0 Å². The van der Waals surface area contributed by atoms with E-state index < -0.39 is 0 Å². The molecule has 64 valence electrons. The summed E-state index contributed by atoms with van der Waals surface area (Å²) in [6.45, 7) is 0.851. The first kappa shape index (κ1) is 8.74. The van der Waals surface area contributed by atoms with Crippen LogP contribution < -0.4 is 10.6 Å². The van der Waals surface area contributed by atoms with E-state index in [9.17, 15) is 0 Å². The third-order valence-electron chi connectivity index (χ3n) is 1.70. The van der Waals surface area contributed by atoms with Crippen LogP contribution in [0.15, 0.2) is 0 Å². The van der Waals surface area contributed by atoms with E-state index in [0.29, 0.717) is 5.11 Å². The molecule has 0 amide bonds. The Balaban J connectivity index is 2.19. The van der Waals surface area contributed by atoms with E-state index >= 15 is 0 Å². The van der Waals surface area contributed by atoms with Crippen molar-refractivity contribution in [1.29, 1.82) is 0 Å². The van der Waals surface area contributed by atoms with Crippen LogP contribution in [-0.4, -0.2) is 25.0 Å². The van der Waals surface area contributed by atoms with Crippen molar-refractivity contribution in [3.05, 3.63) is 0 Å². The monoisotopic (exact) mass is 174 g/mol. The molecule has 1 aliphatic rings. The lowest BCUT2D eigenvalue weighted by atomic mass is 10.2. The molecule has 0 aliphatic carbocycles. The molecule has 0 radical (unpaired) electrons. The Morgan fingerprint density at radius 2 is 2.36 bits per heavy atom. The zero-order valence-corrected chi connectivity index (χ0v) is 7.54. The number of rotatable bonds is 1. The minimum Gasteiger partial charge on any atom is -0.366 e. The van der Waals surface area contributed by atoms with Crippen molar-refractivity contribution in [1.82, 2.24) is 10.6 Å². The maximum absolute atomic E-state index is 5.41. The summed E-state index contributed by atoms with van der Waals surface area (Å²) in [4.78, 5) is 0. The first-order chi connectivity index (χ1) is 5.33. The van der Waals surface area contributed by atoms with Gasteiger partial charge in [-0.05, 0) is 31.5 Å². The summed E-state index contributed by atoms with van der Waals surface area (Å²) in [6.07, 6.45) is 3.58. The van der Waals surface area contributed by atoms with Gasteiger partial charge in [-0.25, -0.2) is 0 Å². The molecule has 0 bridgehead atoms. The summed E-state index contributed by atoms with van der Waals surface area (Å²) in [5.74, 6) is 0. The molecule has 0 aromatic rings. The Morgan fingerprint density at radius 3 is 2.91 bits per heavy atom. The van der Waals surface area contributed by atoms with Gasteiger partial charge in [0.25, 0.3) is 0 Å². The number of hydrogen-bond donors (Lipinski definition) is 2. The molecular weight excluding hydrogens is 160 g/mol. The summed E-state index contributed by atoms with van der Waals surface area (Å²) in [5, 5.41) is 6.58. The Labute approximate surface area is 72.5 Å². The zero-order chi connectivity index (χ0) is 8.10. The van der Waals surface area contributed by atoms with Gasteiger partial charge in [0, 0.05) is 13.7 Å². The molecule has 0 saturated carbocycles. The number of nitrogens with one attached hydrogen (secondary N) is 2. The summed E-state index contributed by atoms with van der Waals surface area (Å²) in [6, 6.07) is 0. The first-order valence-corrected chi connectivity index (χ1v) is 4.33. The van der Waals surface area contributed by atoms with Crippen molar-refractivity contribution in [2.24, 2.45) is 0 Å². The van der Waals surface area contributed by atoms with Gasteiger partial charge in [-0.1, -0.05) is 0 Å². The Kier molecular flexibility index (Phi) is 3.59. The van der Waals surface area contributed by atoms with Crippen LogP contribution in [0.2, 0.25) is 0 Å². The molecule has 1 heterocycles. The van der Waals surface area contributed by atoms with Crippen molar-refractivity contribution in [2.75, 3.05) is 13.7 Å². The van der Waals surface area contributed by atoms with Crippen LogP contribution >= 0.6 is 12.2 Å². The molecule has 1 rings (SSSR count). The van der Waals surface area contributed by atoms with Gasteiger partial charge < -0.3 is 15.4 Å². The third kappa shape index (κ3) is 3.03. The predicted molar refractivity (Wildman–Crippen MR) is 48.4 cm³/mol. The Bertz CT molecular complexity index is 134. The fourth-order valence-corrected chi connectivity index (χ4v) is 1.20. The van der Waals surface area contributed by atoms with E-state index in [1.165, 1.54) is 12.8 Å². The van der Waals surface area contributed by atoms with E-state index in [2.05, 4.69) is 10.6 Å². The number of hydrogen-bond acceptors (Lipinski definition) is 2. The minimum absolute atomic E-state index is 0.128. The average molecular weight is 174 g/mol. The Hall–Kier alpha value is -0.350. The molecular formula is C7H14N2OS. The minimum atomic E-state index is 0.128. The lowest BCUT2D eigenvalue weighted by Gasteiger charge is -2.24. The highest BCUT2D eigenvalue weighted by Gasteiger charge is 2.13. The summed E-state index contributed by atoms with van der Waals surface area (Å²) in [7, 11) is 1.80. The van der Waals surface area contributed by atoms with E-state index in [-0.39, 0.29) is 6.23 Å². The fraction of sp³-hybridized carbons (Fsp3) is 0.857. The molecule has 0 aromatic heterocycles. The van der Waals surface area contributed by atoms with Crippen LogP contribution in [0.5, 0.6) is 0 Å². The largest absolute Gasteiger partial charge is 0.366 e. The molecule has 3 nitrogen and oxygen atoms in total. The molecule has 4 heteroatoms. The van der Waals surface area contributed by atoms with Crippen molar-refractivity contribution in [2.45, 2.75) is 25.5 Å². The molecule has 11 heavy (non-hydrogen) atoms. The van der Waals surface area contributed by atoms with Gasteiger partial charge in [0.1, 0.15) is 6.23 Å². The van der Waals surface area contributed by atoms with Gasteiger partial charge in [-0.2, -0.15) is 0 Å². The summed E-state index contributed by atoms with van der Waals surface area (Å²) < 4.78 is 5.41. The van der Waals surface area contributed by atoms with Crippen LogP contribution in [0.25, 0.3) is 0 Å².